The number of hydrogen-bond donors (Lipinski definition) is 1. The first-order valence-electron chi connectivity index (χ1n) is 8.38. The summed E-state index contributed by atoms with van der Waals surface area (Å²) in [5.74, 6) is -0.401. The number of amides is 2. The molecule has 1 atom stereocenters. The number of para-hydroxylation sites is 2. The van der Waals surface area contributed by atoms with Crippen LogP contribution in [0.15, 0.2) is 48.5 Å². The van der Waals surface area contributed by atoms with Gasteiger partial charge < -0.3 is 15.0 Å². The molecule has 1 fully saturated rings. The van der Waals surface area contributed by atoms with Crippen LogP contribution < -0.4 is 15.0 Å². The van der Waals surface area contributed by atoms with Crippen LogP contribution in [0.5, 0.6) is 5.75 Å². The topological polar surface area (TPSA) is 58.6 Å². The molecule has 2 amide bonds. The standard InChI is InChI=1S/C20H22N2O3/c1-14-6-5-7-15(12-14)13-21-19(23)16-10-11-22(20(16)24)17-8-3-4-9-18(17)25-2/h3-9,12,16H,10-11,13H2,1-2H3,(H,21,23). The molecule has 0 saturated carbocycles. The predicted octanol–water partition coefficient (Wildman–Crippen LogP) is 2.67. The summed E-state index contributed by atoms with van der Waals surface area (Å²) in [5.41, 5.74) is 2.88. The largest absolute Gasteiger partial charge is 0.495 e. The number of aryl methyl sites for hydroxylation is 1. The van der Waals surface area contributed by atoms with Crippen molar-refractivity contribution in [3.05, 3.63) is 59.7 Å². The van der Waals surface area contributed by atoms with Gasteiger partial charge in [0.1, 0.15) is 11.7 Å². The highest BCUT2D eigenvalue weighted by molar-refractivity contribution is 6.10. The second kappa shape index (κ2) is 7.38. The van der Waals surface area contributed by atoms with Gasteiger partial charge >= 0.3 is 0 Å². The monoisotopic (exact) mass is 338 g/mol. The van der Waals surface area contributed by atoms with Gasteiger partial charge in [0.05, 0.1) is 12.8 Å². The Morgan fingerprint density at radius 3 is 2.80 bits per heavy atom. The minimum atomic E-state index is -0.644. The van der Waals surface area contributed by atoms with Gasteiger partial charge in [0.15, 0.2) is 0 Å². The van der Waals surface area contributed by atoms with Gasteiger partial charge in [-0.25, -0.2) is 0 Å². The van der Waals surface area contributed by atoms with E-state index in [1.807, 2.05) is 55.5 Å². The van der Waals surface area contributed by atoms with Crippen LogP contribution in [-0.4, -0.2) is 25.5 Å². The van der Waals surface area contributed by atoms with Crippen molar-refractivity contribution in [1.82, 2.24) is 5.32 Å². The van der Waals surface area contributed by atoms with Crippen LogP contribution in [0.25, 0.3) is 0 Å². The Morgan fingerprint density at radius 2 is 2.04 bits per heavy atom. The van der Waals surface area contributed by atoms with Crippen molar-refractivity contribution in [1.29, 1.82) is 0 Å². The Labute approximate surface area is 147 Å². The van der Waals surface area contributed by atoms with E-state index in [0.29, 0.717) is 30.9 Å². The fraction of sp³-hybridized carbons (Fsp3) is 0.300. The summed E-state index contributed by atoms with van der Waals surface area (Å²) >= 11 is 0. The van der Waals surface area contributed by atoms with Gasteiger partial charge in [0.25, 0.3) is 0 Å². The zero-order valence-electron chi connectivity index (χ0n) is 14.5. The molecule has 25 heavy (non-hydrogen) atoms. The summed E-state index contributed by atoms with van der Waals surface area (Å²) < 4.78 is 5.32. The van der Waals surface area contributed by atoms with Gasteiger partial charge in [-0.15, -0.1) is 0 Å². The number of anilines is 1. The molecule has 1 aliphatic rings. The van der Waals surface area contributed by atoms with Gasteiger partial charge in [-0.05, 0) is 31.0 Å². The van der Waals surface area contributed by atoms with Gasteiger partial charge in [-0.1, -0.05) is 42.0 Å². The van der Waals surface area contributed by atoms with Gasteiger partial charge in [-0.2, -0.15) is 0 Å². The molecule has 0 spiro atoms. The molecular formula is C20H22N2O3. The highest BCUT2D eigenvalue weighted by Crippen LogP contribution is 2.32. The van der Waals surface area contributed by atoms with E-state index in [4.69, 9.17) is 4.74 Å². The summed E-state index contributed by atoms with van der Waals surface area (Å²) in [7, 11) is 1.57. The second-order valence-corrected chi connectivity index (χ2v) is 6.21. The smallest absolute Gasteiger partial charge is 0.239 e. The first-order chi connectivity index (χ1) is 12.1. The van der Waals surface area contributed by atoms with Gasteiger partial charge in [-0.3, -0.25) is 9.59 Å². The highest BCUT2D eigenvalue weighted by Gasteiger charge is 2.38. The highest BCUT2D eigenvalue weighted by atomic mass is 16.5. The number of carbonyl (C=O) groups excluding carboxylic acids is 2. The third-order valence-electron chi connectivity index (χ3n) is 4.45. The van der Waals surface area contributed by atoms with Crippen LogP contribution in [0, 0.1) is 12.8 Å². The fourth-order valence-electron chi connectivity index (χ4n) is 3.15. The molecule has 2 aromatic rings. The lowest BCUT2D eigenvalue weighted by Crippen LogP contribution is -2.36. The lowest BCUT2D eigenvalue weighted by molar-refractivity contribution is -0.132. The Morgan fingerprint density at radius 1 is 1.24 bits per heavy atom. The van der Waals surface area contributed by atoms with Crippen LogP contribution in [0.3, 0.4) is 0 Å². The third-order valence-corrected chi connectivity index (χ3v) is 4.45. The molecule has 2 aromatic carbocycles. The van der Waals surface area contributed by atoms with Crippen LogP contribution >= 0.6 is 0 Å². The summed E-state index contributed by atoms with van der Waals surface area (Å²) in [6.45, 7) is 2.96. The maximum atomic E-state index is 12.7. The minimum Gasteiger partial charge on any atom is -0.495 e. The zero-order chi connectivity index (χ0) is 17.8. The van der Waals surface area contributed by atoms with Crippen molar-refractivity contribution >= 4 is 17.5 Å². The molecule has 1 saturated heterocycles. The molecule has 1 N–H and O–H groups in total. The van der Waals surface area contributed by atoms with Crippen LogP contribution in [0.2, 0.25) is 0 Å². The van der Waals surface area contributed by atoms with E-state index in [1.165, 1.54) is 0 Å². The summed E-state index contributed by atoms with van der Waals surface area (Å²) in [4.78, 5) is 26.8. The SMILES string of the molecule is COc1ccccc1N1CCC(C(=O)NCc2cccc(C)c2)C1=O. The fourth-order valence-corrected chi connectivity index (χ4v) is 3.15. The van der Waals surface area contributed by atoms with Crippen molar-refractivity contribution < 1.29 is 14.3 Å². The zero-order valence-corrected chi connectivity index (χ0v) is 14.5. The Hall–Kier alpha value is -2.82. The van der Waals surface area contributed by atoms with Crippen molar-refractivity contribution in [3.8, 4) is 5.75 Å². The molecule has 0 aromatic heterocycles. The van der Waals surface area contributed by atoms with Crippen molar-refractivity contribution in [2.75, 3.05) is 18.6 Å². The first-order valence-corrected chi connectivity index (χ1v) is 8.38. The van der Waals surface area contributed by atoms with E-state index in [9.17, 15) is 9.59 Å². The van der Waals surface area contributed by atoms with E-state index in [1.54, 1.807) is 12.0 Å². The lowest BCUT2D eigenvalue weighted by Gasteiger charge is -2.19. The van der Waals surface area contributed by atoms with E-state index < -0.39 is 5.92 Å². The van der Waals surface area contributed by atoms with E-state index in [2.05, 4.69) is 5.32 Å². The Kier molecular flexibility index (Phi) is 5.03. The van der Waals surface area contributed by atoms with Gasteiger partial charge in [0, 0.05) is 13.1 Å². The number of rotatable bonds is 5. The molecule has 130 valence electrons. The van der Waals surface area contributed by atoms with Crippen molar-refractivity contribution in [3.63, 3.8) is 0 Å². The normalized spacial score (nSPS) is 16.8. The molecule has 1 aliphatic heterocycles. The number of hydrogen-bond acceptors (Lipinski definition) is 3. The number of benzene rings is 2. The quantitative estimate of drug-likeness (QED) is 0.853. The molecular weight excluding hydrogens is 316 g/mol. The number of methoxy groups -OCH3 is 1. The maximum Gasteiger partial charge on any atom is 0.239 e. The average molecular weight is 338 g/mol. The van der Waals surface area contributed by atoms with Gasteiger partial charge in [0.2, 0.25) is 11.8 Å². The summed E-state index contributed by atoms with van der Waals surface area (Å²) in [6.07, 6.45) is 0.510. The molecule has 0 aliphatic carbocycles. The van der Waals surface area contributed by atoms with E-state index in [-0.39, 0.29) is 11.8 Å². The summed E-state index contributed by atoms with van der Waals surface area (Å²) in [5, 5.41) is 2.88. The van der Waals surface area contributed by atoms with E-state index in [0.717, 1.165) is 11.1 Å². The van der Waals surface area contributed by atoms with Crippen molar-refractivity contribution in [2.24, 2.45) is 5.92 Å². The average Bonchev–Trinajstić information content (AvgIpc) is 3.01. The first kappa shape index (κ1) is 17.0. The van der Waals surface area contributed by atoms with E-state index >= 15 is 0 Å². The van der Waals surface area contributed by atoms with Crippen LogP contribution in [-0.2, 0) is 16.1 Å². The maximum absolute atomic E-state index is 12.7. The van der Waals surface area contributed by atoms with Crippen LogP contribution in [0.4, 0.5) is 5.69 Å². The molecule has 5 nitrogen and oxygen atoms in total. The number of nitrogens with zero attached hydrogens (tertiary/aromatic N) is 1. The molecule has 0 bridgehead atoms. The third kappa shape index (κ3) is 3.65. The molecule has 5 heteroatoms. The number of ether oxygens (including phenoxy) is 1. The molecule has 0 radical (unpaired) electrons. The minimum absolute atomic E-state index is 0.175. The predicted molar refractivity (Wildman–Crippen MR) is 96.5 cm³/mol. The molecule has 1 heterocycles. The summed E-state index contributed by atoms with van der Waals surface area (Å²) in [6, 6.07) is 15.3. The Bertz CT molecular complexity index is 788. The number of carbonyl (C=O) groups is 2. The lowest BCUT2D eigenvalue weighted by atomic mass is 10.1. The molecule has 3 rings (SSSR count). The second-order valence-electron chi connectivity index (χ2n) is 6.21. The Balaban J connectivity index is 1.66. The van der Waals surface area contributed by atoms with Crippen molar-refractivity contribution in [2.45, 2.75) is 19.9 Å². The number of nitrogens with one attached hydrogen (secondary N) is 1. The molecule has 1 unspecified atom stereocenters. The van der Waals surface area contributed by atoms with Crippen LogP contribution in [0.1, 0.15) is 17.5 Å².